The van der Waals surface area contributed by atoms with Gasteiger partial charge in [-0.15, -0.1) is 0 Å². The van der Waals surface area contributed by atoms with E-state index in [0.717, 1.165) is 53.2 Å². The number of hydrogen-bond donors (Lipinski definition) is 2. The Morgan fingerprint density at radius 2 is 2.09 bits per heavy atom. The van der Waals surface area contributed by atoms with Crippen LogP contribution in [-0.4, -0.2) is 44.9 Å². The lowest BCUT2D eigenvalue weighted by atomic mass is 9.93. The first-order valence-electron chi connectivity index (χ1n) is 11.2. The zero-order chi connectivity index (χ0) is 22.1. The van der Waals surface area contributed by atoms with Crippen LogP contribution >= 0.6 is 0 Å². The molecular formula is C26H28N6. The molecule has 162 valence electrons. The number of fused-ring (bicyclic) bond motifs is 1. The molecule has 4 heterocycles. The maximum atomic E-state index is 4.93. The van der Waals surface area contributed by atoms with Crippen LogP contribution in [0.3, 0.4) is 0 Å². The molecule has 0 radical (unpaired) electrons. The van der Waals surface area contributed by atoms with Crippen molar-refractivity contribution in [2.45, 2.75) is 27.2 Å². The summed E-state index contributed by atoms with van der Waals surface area (Å²) in [6.45, 7) is 8.90. The van der Waals surface area contributed by atoms with Crippen LogP contribution in [0.1, 0.15) is 41.4 Å². The van der Waals surface area contributed by atoms with Gasteiger partial charge in [-0.25, -0.2) is 4.98 Å². The minimum atomic E-state index is 0.715. The lowest BCUT2D eigenvalue weighted by Crippen LogP contribution is -2.20. The van der Waals surface area contributed by atoms with Gasteiger partial charge in [0.1, 0.15) is 0 Å². The molecule has 0 atom stereocenters. The van der Waals surface area contributed by atoms with E-state index in [4.69, 9.17) is 4.99 Å². The van der Waals surface area contributed by atoms with Gasteiger partial charge in [-0.1, -0.05) is 18.2 Å². The molecular weight excluding hydrogens is 396 g/mol. The smallest absolute Gasteiger partial charge is 0.0995 e. The van der Waals surface area contributed by atoms with Gasteiger partial charge in [0.05, 0.1) is 47.0 Å². The summed E-state index contributed by atoms with van der Waals surface area (Å²) >= 11 is 0. The van der Waals surface area contributed by atoms with Gasteiger partial charge >= 0.3 is 0 Å². The maximum absolute atomic E-state index is 4.93. The molecule has 6 heteroatoms. The molecule has 5 rings (SSSR count). The number of aryl methyl sites for hydroxylation is 2. The number of aromatic amines is 1. The number of pyridine rings is 1. The second kappa shape index (κ2) is 8.55. The molecule has 0 unspecified atom stereocenters. The largest absolute Gasteiger partial charge is 0.352 e. The Bertz CT molecular complexity index is 1340. The first-order chi connectivity index (χ1) is 15.6. The summed E-state index contributed by atoms with van der Waals surface area (Å²) in [5.41, 5.74) is 10.0. The fourth-order valence-corrected chi connectivity index (χ4v) is 4.36. The maximum Gasteiger partial charge on any atom is 0.0995 e. The van der Waals surface area contributed by atoms with E-state index in [1.54, 1.807) is 0 Å². The highest BCUT2D eigenvalue weighted by molar-refractivity contribution is 6.15. The quantitative estimate of drug-likeness (QED) is 0.460. The van der Waals surface area contributed by atoms with Crippen LogP contribution in [0.5, 0.6) is 0 Å². The predicted molar refractivity (Wildman–Crippen MR) is 131 cm³/mol. The van der Waals surface area contributed by atoms with Crippen LogP contribution in [-0.2, 0) is 0 Å². The number of aromatic nitrogens is 4. The van der Waals surface area contributed by atoms with Crippen molar-refractivity contribution < 1.29 is 0 Å². The molecule has 1 aliphatic heterocycles. The molecule has 4 aromatic rings. The van der Waals surface area contributed by atoms with Gasteiger partial charge in [0.15, 0.2) is 0 Å². The van der Waals surface area contributed by atoms with Crippen molar-refractivity contribution in [1.29, 1.82) is 0 Å². The number of nitrogens with zero attached hydrogens (tertiary/aromatic N) is 4. The molecule has 0 aliphatic carbocycles. The van der Waals surface area contributed by atoms with Crippen LogP contribution in [0.25, 0.3) is 22.2 Å². The van der Waals surface area contributed by atoms with Gasteiger partial charge in [0.25, 0.3) is 0 Å². The highest BCUT2D eigenvalue weighted by Gasteiger charge is 2.17. The molecule has 1 aliphatic rings. The van der Waals surface area contributed by atoms with Crippen molar-refractivity contribution in [1.82, 2.24) is 24.8 Å². The number of nitrogens with one attached hydrogen (secondary N) is 2. The zero-order valence-electron chi connectivity index (χ0n) is 18.8. The van der Waals surface area contributed by atoms with Crippen molar-refractivity contribution >= 4 is 22.2 Å². The number of aliphatic imine (C=N–C) groups is 1. The molecule has 0 spiro atoms. The molecule has 0 amide bonds. The van der Waals surface area contributed by atoms with Crippen LogP contribution in [0.4, 0.5) is 0 Å². The van der Waals surface area contributed by atoms with E-state index in [0.29, 0.717) is 6.54 Å². The van der Waals surface area contributed by atoms with Gasteiger partial charge in [0.2, 0.25) is 0 Å². The third-order valence-electron chi connectivity index (χ3n) is 6.01. The SMILES string of the molecule is CCN=C(c1cc2c(-n3cnc(C)c3)cncc2[nH]1)c1cc(C2=CCNCC2)ccc1C. The molecule has 0 fully saturated rings. The highest BCUT2D eigenvalue weighted by atomic mass is 15.0. The summed E-state index contributed by atoms with van der Waals surface area (Å²) < 4.78 is 2.02. The minimum Gasteiger partial charge on any atom is -0.352 e. The Morgan fingerprint density at radius 3 is 2.84 bits per heavy atom. The Kier molecular flexibility index (Phi) is 5.45. The van der Waals surface area contributed by atoms with Gasteiger partial charge < -0.3 is 14.9 Å². The van der Waals surface area contributed by atoms with E-state index in [1.165, 1.54) is 22.3 Å². The number of H-pyrrole nitrogens is 1. The number of hydrogen-bond acceptors (Lipinski definition) is 4. The minimum absolute atomic E-state index is 0.715. The Morgan fingerprint density at radius 1 is 1.19 bits per heavy atom. The standard InChI is InChI=1S/C26H28N6/c1-4-29-26(21-11-20(6-5-17(21)2)19-7-9-27-10-8-19)23-12-22-24(31-23)13-28-14-25(22)32-15-18(3)30-16-32/h5-7,11-16,27,31H,4,8-10H2,1-3H3. The zero-order valence-corrected chi connectivity index (χ0v) is 18.8. The molecule has 1 aromatic carbocycles. The van der Waals surface area contributed by atoms with Crippen molar-refractivity contribution in [3.63, 3.8) is 0 Å². The van der Waals surface area contributed by atoms with E-state index < -0.39 is 0 Å². The first kappa shape index (κ1) is 20.4. The van der Waals surface area contributed by atoms with Crippen molar-refractivity contribution in [3.05, 3.63) is 83.3 Å². The van der Waals surface area contributed by atoms with E-state index in [1.807, 2.05) is 36.4 Å². The van der Waals surface area contributed by atoms with E-state index in [2.05, 4.69) is 64.5 Å². The lowest BCUT2D eigenvalue weighted by molar-refractivity contribution is 0.738. The van der Waals surface area contributed by atoms with Gasteiger partial charge in [-0.2, -0.15) is 0 Å². The molecule has 2 N–H and O–H groups in total. The number of benzene rings is 1. The summed E-state index contributed by atoms with van der Waals surface area (Å²) in [7, 11) is 0. The fourth-order valence-electron chi connectivity index (χ4n) is 4.36. The number of rotatable bonds is 5. The Balaban J connectivity index is 1.62. The summed E-state index contributed by atoms with van der Waals surface area (Å²) in [5.74, 6) is 0. The summed E-state index contributed by atoms with van der Waals surface area (Å²) in [6, 6.07) is 8.92. The molecule has 0 saturated carbocycles. The first-order valence-corrected chi connectivity index (χ1v) is 11.2. The second-order valence-corrected chi connectivity index (χ2v) is 8.26. The average Bonchev–Trinajstić information content (AvgIpc) is 3.44. The molecule has 0 bridgehead atoms. The normalized spacial score (nSPS) is 14.7. The molecule has 32 heavy (non-hydrogen) atoms. The summed E-state index contributed by atoms with van der Waals surface area (Å²) in [5, 5.41) is 4.50. The molecule has 0 saturated heterocycles. The fraction of sp³-hybridized carbons (Fsp3) is 0.269. The van der Waals surface area contributed by atoms with Gasteiger partial charge in [0, 0.05) is 30.2 Å². The van der Waals surface area contributed by atoms with Gasteiger partial charge in [-0.3, -0.25) is 9.98 Å². The van der Waals surface area contributed by atoms with E-state index in [-0.39, 0.29) is 0 Å². The molecule has 3 aromatic heterocycles. The topological polar surface area (TPSA) is 70.9 Å². The van der Waals surface area contributed by atoms with E-state index >= 15 is 0 Å². The Hall–Kier alpha value is -3.51. The van der Waals surface area contributed by atoms with Crippen LogP contribution in [0.15, 0.2) is 60.3 Å². The third-order valence-corrected chi connectivity index (χ3v) is 6.01. The lowest BCUT2D eigenvalue weighted by Gasteiger charge is -2.17. The third kappa shape index (κ3) is 3.78. The van der Waals surface area contributed by atoms with Crippen molar-refractivity contribution in [3.8, 4) is 5.69 Å². The predicted octanol–water partition coefficient (Wildman–Crippen LogP) is 4.60. The summed E-state index contributed by atoms with van der Waals surface area (Å²) in [6.07, 6.45) is 11.0. The van der Waals surface area contributed by atoms with Crippen LogP contribution in [0.2, 0.25) is 0 Å². The number of imidazole rings is 1. The van der Waals surface area contributed by atoms with Crippen molar-refractivity contribution in [2.24, 2.45) is 4.99 Å². The van der Waals surface area contributed by atoms with Crippen LogP contribution in [0, 0.1) is 13.8 Å². The summed E-state index contributed by atoms with van der Waals surface area (Å²) in [4.78, 5) is 17.3. The Labute approximate surface area is 188 Å². The van der Waals surface area contributed by atoms with E-state index in [9.17, 15) is 0 Å². The van der Waals surface area contributed by atoms with Gasteiger partial charge in [-0.05, 0) is 62.6 Å². The monoisotopic (exact) mass is 424 g/mol. The van der Waals surface area contributed by atoms with Crippen LogP contribution < -0.4 is 5.32 Å². The second-order valence-electron chi connectivity index (χ2n) is 8.26. The average molecular weight is 425 g/mol. The molecule has 6 nitrogen and oxygen atoms in total. The van der Waals surface area contributed by atoms with Crippen molar-refractivity contribution in [2.75, 3.05) is 19.6 Å². The highest BCUT2D eigenvalue weighted by Crippen LogP contribution is 2.27.